The fourth-order valence-electron chi connectivity index (χ4n) is 1.76. The van der Waals surface area contributed by atoms with Gasteiger partial charge in [0.1, 0.15) is 0 Å². The average Bonchev–Trinajstić information content (AvgIpc) is 2.68. The third-order valence-corrected chi connectivity index (χ3v) is 3.58. The molecule has 0 radical (unpaired) electrons. The Labute approximate surface area is 91.4 Å². The van der Waals surface area contributed by atoms with Gasteiger partial charge in [-0.2, -0.15) is 11.8 Å². The zero-order chi connectivity index (χ0) is 10.2. The minimum absolute atomic E-state index is 0.113. The molecule has 0 amide bonds. The molecule has 0 aromatic rings. The van der Waals surface area contributed by atoms with E-state index < -0.39 is 0 Å². The molecule has 2 atom stereocenters. The molecule has 1 heterocycles. The summed E-state index contributed by atoms with van der Waals surface area (Å²) in [5, 5.41) is 9.67. The van der Waals surface area contributed by atoms with Crippen molar-refractivity contribution in [3.8, 4) is 0 Å². The number of ether oxygens (including phenoxy) is 1. The predicted molar refractivity (Wildman–Crippen MR) is 61.8 cm³/mol. The minimum atomic E-state index is -0.113. The topological polar surface area (TPSA) is 29.5 Å². The van der Waals surface area contributed by atoms with Crippen LogP contribution in [-0.2, 0) is 4.74 Å². The fraction of sp³-hybridized carbons (Fsp3) is 1.00. The van der Waals surface area contributed by atoms with Crippen LogP contribution in [0.4, 0.5) is 0 Å². The Kier molecular flexibility index (Phi) is 6.65. The second-order valence-corrected chi connectivity index (χ2v) is 5.25. The predicted octanol–water partition coefficient (Wildman–Crippen LogP) is 2.45. The zero-order valence-electron chi connectivity index (χ0n) is 9.08. The molecule has 0 aromatic carbocycles. The molecule has 0 aromatic heterocycles. The van der Waals surface area contributed by atoms with Gasteiger partial charge in [-0.25, -0.2) is 0 Å². The molecule has 3 heteroatoms. The molecule has 0 bridgehead atoms. The highest BCUT2D eigenvalue weighted by molar-refractivity contribution is 7.99. The van der Waals surface area contributed by atoms with Crippen molar-refractivity contribution < 1.29 is 9.84 Å². The lowest BCUT2D eigenvalue weighted by molar-refractivity contribution is 0.0806. The molecule has 2 unspecified atom stereocenters. The summed E-state index contributed by atoms with van der Waals surface area (Å²) in [5.41, 5.74) is 0. The molecule has 1 N–H and O–H groups in total. The van der Waals surface area contributed by atoms with Gasteiger partial charge in [0.15, 0.2) is 0 Å². The number of hydrogen-bond donors (Lipinski definition) is 1. The number of rotatable bonds is 7. The third-order valence-electron chi connectivity index (χ3n) is 2.65. The fourth-order valence-corrected chi connectivity index (χ4v) is 2.49. The normalized spacial score (nSPS) is 24.0. The Hall–Kier alpha value is 0.270. The van der Waals surface area contributed by atoms with Crippen LogP contribution in [0.2, 0.25) is 0 Å². The van der Waals surface area contributed by atoms with E-state index in [0.717, 1.165) is 37.4 Å². The number of aliphatic hydroxyl groups is 1. The molecule has 1 aliphatic rings. The van der Waals surface area contributed by atoms with Crippen molar-refractivity contribution in [2.75, 3.05) is 18.1 Å². The standard InChI is InChI=1S/C11H22O2S/c1-2-14-9-7-10(12)5-6-11-4-3-8-13-11/h10-12H,2-9H2,1H3. The van der Waals surface area contributed by atoms with Gasteiger partial charge in [0.2, 0.25) is 0 Å². The summed E-state index contributed by atoms with van der Waals surface area (Å²) < 4.78 is 5.51. The van der Waals surface area contributed by atoms with Crippen molar-refractivity contribution in [3.63, 3.8) is 0 Å². The highest BCUT2D eigenvalue weighted by Gasteiger charge is 2.16. The van der Waals surface area contributed by atoms with Crippen molar-refractivity contribution in [2.45, 2.75) is 51.2 Å². The van der Waals surface area contributed by atoms with Gasteiger partial charge >= 0.3 is 0 Å². The van der Waals surface area contributed by atoms with Crippen molar-refractivity contribution in [1.29, 1.82) is 0 Å². The van der Waals surface area contributed by atoms with E-state index in [1.165, 1.54) is 12.8 Å². The van der Waals surface area contributed by atoms with Crippen LogP contribution in [0.3, 0.4) is 0 Å². The zero-order valence-corrected chi connectivity index (χ0v) is 9.89. The molecule has 1 rings (SSSR count). The lowest BCUT2D eigenvalue weighted by Crippen LogP contribution is -2.13. The second kappa shape index (κ2) is 7.55. The molecule has 2 nitrogen and oxygen atoms in total. The maximum Gasteiger partial charge on any atom is 0.0577 e. The molecule has 0 saturated carbocycles. The summed E-state index contributed by atoms with van der Waals surface area (Å²) in [6, 6.07) is 0. The van der Waals surface area contributed by atoms with Crippen LogP contribution in [0.25, 0.3) is 0 Å². The summed E-state index contributed by atoms with van der Waals surface area (Å²) in [6.07, 6.45) is 5.60. The maximum absolute atomic E-state index is 9.67. The lowest BCUT2D eigenvalue weighted by atomic mass is 10.1. The third kappa shape index (κ3) is 5.23. The molecule has 0 aliphatic carbocycles. The first kappa shape index (κ1) is 12.3. The van der Waals surface area contributed by atoms with E-state index in [4.69, 9.17) is 4.74 Å². The van der Waals surface area contributed by atoms with Crippen LogP contribution in [0.15, 0.2) is 0 Å². The Morgan fingerprint density at radius 1 is 1.50 bits per heavy atom. The summed E-state index contributed by atoms with van der Waals surface area (Å²) in [4.78, 5) is 0. The SMILES string of the molecule is CCSCCC(O)CCC1CCCO1. The Morgan fingerprint density at radius 3 is 3.00 bits per heavy atom. The summed E-state index contributed by atoms with van der Waals surface area (Å²) in [5.74, 6) is 2.24. The van der Waals surface area contributed by atoms with Crippen LogP contribution in [0.1, 0.15) is 39.0 Å². The molecule has 1 aliphatic heterocycles. The summed E-state index contributed by atoms with van der Waals surface area (Å²) >= 11 is 1.90. The van der Waals surface area contributed by atoms with Crippen molar-refractivity contribution >= 4 is 11.8 Å². The van der Waals surface area contributed by atoms with Crippen molar-refractivity contribution in [2.24, 2.45) is 0 Å². The lowest BCUT2D eigenvalue weighted by Gasteiger charge is -2.13. The monoisotopic (exact) mass is 218 g/mol. The second-order valence-electron chi connectivity index (χ2n) is 3.85. The largest absolute Gasteiger partial charge is 0.393 e. The van der Waals surface area contributed by atoms with Gasteiger partial charge in [-0.15, -0.1) is 0 Å². The summed E-state index contributed by atoms with van der Waals surface area (Å²) in [7, 11) is 0. The highest BCUT2D eigenvalue weighted by atomic mass is 32.2. The van der Waals surface area contributed by atoms with E-state index in [1.807, 2.05) is 11.8 Å². The van der Waals surface area contributed by atoms with Gasteiger partial charge in [-0.1, -0.05) is 6.92 Å². The highest BCUT2D eigenvalue weighted by Crippen LogP contribution is 2.18. The first-order valence-electron chi connectivity index (χ1n) is 5.70. The van der Waals surface area contributed by atoms with Gasteiger partial charge in [0, 0.05) is 6.61 Å². The van der Waals surface area contributed by atoms with E-state index in [0.29, 0.717) is 6.10 Å². The molecular formula is C11H22O2S. The van der Waals surface area contributed by atoms with E-state index in [2.05, 4.69) is 6.92 Å². The van der Waals surface area contributed by atoms with Crippen LogP contribution in [0, 0.1) is 0 Å². The molecular weight excluding hydrogens is 196 g/mol. The van der Waals surface area contributed by atoms with Gasteiger partial charge < -0.3 is 9.84 Å². The molecule has 84 valence electrons. The van der Waals surface area contributed by atoms with Crippen molar-refractivity contribution in [3.05, 3.63) is 0 Å². The molecule has 1 fully saturated rings. The van der Waals surface area contributed by atoms with E-state index in [9.17, 15) is 5.11 Å². The van der Waals surface area contributed by atoms with Gasteiger partial charge in [-0.3, -0.25) is 0 Å². The van der Waals surface area contributed by atoms with Gasteiger partial charge in [0.25, 0.3) is 0 Å². The average molecular weight is 218 g/mol. The van der Waals surface area contributed by atoms with Gasteiger partial charge in [0.05, 0.1) is 12.2 Å². The first-order valence-corrected chi connectivity index (χ1v) is 6.85. The van der Waals surface area contributed by atoms with Crippen LogP contribution < -0.4 is 0 Å². The Bertz CT molecular complexity index is 135. The number of hydrogen-bond acceptors (Lipinski definition) is 3. The molecule has 14 heavy (non-hydrogen) atoms. The van der Waals surface area contributed by atoms with Crippen LogP contribution in [-0.4, -0.2) is 35.4 Å². The Balaban J connectivity index is 1.93. The number of thioether (sulfide) groups is 1. The quantitative estimate of drug-likeness (QED) is 0.666. The van der Waals surface area contributed by atoms with E-state index >= 15 is 0 Å². The molecule has 1 saturated heterocycles. The van der Waals surface area contributed by atoms with Crippen LogP contribution in [0.5, 0.6) is 0 Å². The first-order chi connectivity index (χ1) is 6.83. The maximum atomic E-state index is 9.67. The summed E-state index contributed by atoms with van der Waals surface area (Å²) in [6.45, 7) is 3.08. The van der Waals surface area contributed by atoms with Gasteiger partial charge in [-0.05, 0) is 43.6 Å². The minimum Gasteiger partial charge on any atom is -0.393 e. The smallest absolute Gasteiger partial charge is 0.0577 e. The van der Waals surface area contributed by atoms with Crippen molar-refractivity contribution in [1.82, 2.24) is 0 Å². The number of aliphatic hydroxyl groups excluding tert-OH is 1. The van der Waals surface area contributed by atoms with Crippen LogP contribution >= 0.6 is 11.8 Å². The van der Waals surface area contributed by atoms with E-state index in [-0.39, 0.29) is 6.10 Å². The Morgan fingerprint density at radius 2 is 2.36 bits per heavy atom. The molecule has 0 spiro atoms. The van der Waals surface area contributed by atoms with E-state index in [1.54, 1.807) is 0 Å².